The van der Waals surface area contributed by atoms with Gasteiger partial charge in [0.15, 0.2) is 0 Å². The molecule has 3 nitrogen and oxygen atoms in total. The number of carbonyl (C=O) groups excluding carboxylic acids is 1. The molecular weight excluding hydrogens is 338 g/mol. The van der Waals surface area contributed by atoms with Crippen LogP contribution in [0.3, 0.4) is 0 Å². The summed E-state index contributed by atoms with van der Waals surface area (Å²) < 4.78 is 5.95. The number of esters is 1. The highest BCUT2D eigenvalue weighted by Crippen LogP contribution is 2.43. The number of thioether (sulfide) groups is 2. The van der Waals surface area contributed by atoms with E-state index in [2.05, 4.69) is 17.1 Å². The molecular formula is C19H19NO2S2. The largest absolute Gasteiger partial charge is 0.423 e. The zero-order chi connectivity index (χ0) is 16.8. The standard InChI is InChI=1S/C19H19NO2S2/c1-14(13-15-7-9-20-10-8-15)18(21)22-17-5-3-16(4-6-17)19-23-11-2-12-24-19/h3-10,13,19H,2,11-12H2,1H3/b14-13+. The molecule has 0 saturated carbocycles. The highest BCUT2D eigenvalue weighted by molar-refractivity contribution is 8.16. The molecule has 24 heavy (non-hydrogen) atoms. The molecule has 0 radical (unpaired) electrons. The molecule has 2 aromatic rings. The van der Waals surface area contributed by atoms with E-state index in [1.54, 1.807) is 25.4 Å². The second-order valence-electron chi connectivity index (χ2n) is 5.49. The topological polar surface area (TPSA) is 39.2 Å². The molecule has 0 spiro atoms. The number of ether oxygens (including phenoxy) is 1. The van der Waals surface area contributed by atoms with Crippen LogP contribution in [-0.4, -0.2) is 22.5 Å². The minimum absolute atomic E-state index is 0.332. The normalized spacial score (nSPS) is 16.0. The lowest BCUT2D eigenvalue weighted by molar-refractivity contribution is -0.130. The molecule has 0 bridgehead atoms. The van der Waals surface area contributed by atoms with Crippen molar-refractivity contribution < 1.29 is 9.53 Å². The van der Waals surface area contributed by atoms with E-state index < -0.39 is 0 Å². The lowest BCUT2D eigenvalue weighted by Gasteiger charge is -2.21. The van der Waals surface area contributed by atoms with Crippen LogP contribution >= 0.6 is 23.5 Å². The fraction of sp³-hybridized carbons (Fsp3) is 0.263. The lowest BCUT2D eigenvalue weighted by Crippen LogP contribution is -2.09. The quantitative estimate of drug-likeness (QED) is 0.439. The minimum atomic E-state index is -0.332. The van der Waals surface area contributed by atoms with Gasteiger partial charge in [-0.3, -0.25) is 4.98 Å². The van der Waals surface area contributed by atoms with Crippen molar-refractivity contribution in [1.29, 1.82) is 0 Å². The maximum absolute atomic E-state index is 12.2. The van der Waals surface area contributed by atoms with Crippen LogP contribution in [0, 0.1) is 0 Å². The van der Waals surface area contributed by atoms with E-state index in [9.17, 15) is 4.79 Å². The number of hydrogen-bond acceptors (Lipinski definition) is 5. The van der Waals surface area contributed by atoms with E-state index in [1.165, 1.54) is 23.5 Å². The summed E-state index contributed by atoms with van der Waals surface area (Å²) in [7, 11) is 0. The van der Waals surface area contributed by atoms with Crippen molar-refractivity contribution in [3.63, 3.8) is 0 Å². The van der Waals surface area contributed by atoms with Crippen molar-refractivity contribution in [2.75, 3.05) is 11.5 Å². The molecule has 1 aromatic heterocycles. The van der Waals surface area contributed by atoms with Crippen LogP contribution in [0.4, 0.5) is 0 Å². The Labute approximate surface area is 150 Å². The van der Waals surface area contributed by atoms with Gasteiger partial charge in [0.05, 0.1) is 4.58 Å². The maximum atomic E-state index is 12.2. The molecule has 1 aromatic carbocycles. The number of pyridine rings is 1. The van der Waals surface area contributed by atoms with E-state index in [-0.39, 0.29) is 5.97 Å². The second kappa shape index (κ2) is 8.40. The minimum Gasteiger partial charge on any atom is -0.423 e. The van der Waals surface area contributed by atoms with Crippen molar-refractivity contribution in [3.05, 3.63) is 65.5 Å². The Hall–Kier alpha value is -1.72. The van der Waals surface area contributed by atoms with Gasteiger partial charge in [-0.05, 0) is 66.3 Å². The molecule has 1 aliphatic rings. The Kier molecular flexibility index (Phi) is 5.99. The number of carbonyl (C=O) groups is 1. The fourth-order valence-corrected chi connectivity index (χ4v) is 5.22. The third-order valence-corrected chi connectivity index (χ3v) is 6.62. The average Bonchev–Trinajstić information content (AvgIpc) is 2.64. The number of hydrogen-bond donors (Lipinski definition) is 0. The molecule has 0 aliphatic carbocycles. The van der Waals surface area contributed by atoms with E-state index in [4.69, 9.17) is 4.74 Å². The van der Waals surface area contributed by atoms with Crippen molar-refractivity contribution >= 4 is 35.6 Å². The van der Waals surface area contributed by atoms with Crippen LogP contribution in [0.5, 0.6) is 5.75 Å². The number of aromatic nitrogens is 1. The predicted molar refractivity (Wildman–Crippen MR) is 102 cm³/mol. The van der Waals surface area contributed by atoms with Gasteiger partial charge in [0.2, 0.25) is 0 Å². The molecule has 1 fully saturated rings. The summed E-state index contributed by atoms with van der Waals surface area (Å²) in [6.45, 7) is 1.76. The summed E-state index contributed by atoms with van der Waals surface area (Å²) in [5.74, 6) is 2.68. The molecule has 124 valence electrons. The highest BCUT2D eigenvalue weighted by atomic mass is 32.2. The molecule has 1 aliphatic heterocycles. The Balaban J connectivity index is 1.63. The third-order valence-electron chi connectivity index (χ3n) is 3.60. The first kappa shape index (κ1) is 17.1. The predicted octanol–water partition coefficient (Wildman–Crippen LogP) is 4.96. The molecule has 3 rings (SSSR count). The number of benzene rings is 1. The van der Waals surface area contributed by atoms with E-state index in [0.29, 0.717) is 15.9 Å². The fourth-order valence-electron chi connectivity index (χ4n) is 2.33. The van der Waals surface area contributed by atoms with E-state index in [1.807, 2.05) is 47.8 Å². The van der Waals surface area contributed by atoms with E-state index in [0.717, 1.165) is 5.56 Å². The van der Waals surface area contributed by atoms with Gasteiger partial charge in [-0.2, -0.15) is 0 Å². The summed E-state index contributed by atoms with van der Waals surface area (Å²) in [6, 6.07) is 11.6. The zero-order valence-corrected chi connectivity index (χ0v) is 15.1. The maximum Gasteiger partial charge on any atom is 0.339 e. The molecule has 0 atom stereocenters. The smallest absolute Gasteiger partial charge is 0.339 e. The number of rotatable bonds is 4. The van der Waals surface area contributed by atoms with Gasteiger partial charge in [0, 0.05) is 18.0 Å². The molecule has 1 saturated heterocycles. The van der Waals surface area contributed by atoms with Crippen molar-refractivity contribution in [2.24, 2.45) is 0 Å². The Morgan fingerprint density at radius 1 is 1.12 bits per heavy atom. The molecule has 0 N–H and O–H groups in total. The Morgan fingerprint density at radius 3 is 2.46 bits per heavy atom. The lowest BCUT2D eigenvalue weighted by atomic mass is 10.2. The summed E-state index contributed by atoms with van der Waals surface area (Å²) in [6.07, 6.45) is 6.48. The third kappa shape index (κ3) is 4.65. The first-order valence-corrected chi connectivity index (χ1v) is 9.96. The van der Waals surface area contributed by atoms with Gasteiger partial charge in [-0.15, -0.1) is 23.5 Å². The highest BCUT2D eigenvalue weighted by Gasteiger charge is 2.16. The monoisotopic (exact) mass is 357 g/mol. The molecule has 5 heteroatoms. The van der Waals surface area contributed by atoms with Gasteiger partial charge in [-0.1, -0.05) is 12.1 Å². The zero-order valence-electron chi connectivity index (χ0n) is 13.5. The number of nitrogens with zero attached hydrogens (tertiary/aromatic N) is 1. The first-order valence-electron chi connectivity index (χ1n) is 7.86. The Bertz CT molecular complexity index is 708. The van der Waals surface area contributed by atoms with Crippen LogP contribution in [0.25, 0.3) is 6.08 Å². The van der Waals surface area contributed by atoms with Crippen LogP contribution in [0.15, 0.2) is 54.4 Å². The van der Waals surface area contributed by atoms with Gasteiger partial charge in [-0.25, -0.2) is 4.79 Å². The summed E-state index contributed by atoms with van der Waals surface area (Å²) in [5.41, 5.74) is 2.78. The summed E-state index contributed by atoms with van der Waals surface area (Å²) in [5, 5.41) is 0. The van der Waals surface area contributed by atoms with Crippen LogP contribution in [0.1, 0.15) is 29.1 Å². The molecule has 2 heterocycles. The van der Waals surface area contributed by atoms with Crippen molar-refractivity contribution in [2.45, 2.75) is 17.9 Å². The first-order chi connectivity index (χ1) is 11.7. The van der Waals surface area contributed by atoms with Crippen LogP contribution < -0.4 is 4.74 Å². The summed E-state index contributed by atoms with van der Waals surface area (Å²) in [4.78, 5) is 16.2. The van der Waals surface area contributed by atoms with E-state index >= 15 is 0 Å². The Morgan fingerprint density at radius 2 is 1.79 bits per heavy atom. The average molecular weight is 358 g/mol. The molecule has 0 amide bonds. The van der Waals surface area contributed by atoms with Gasteiger partial charge in [0.25, 0.3) is 0 Å². The SMILES string of the molecule is C/C(=C\c1ccncc1)C(=O)Oc1ccc(C2SCCCS2)cc1. The van der Waals surface area contributed by atoms with Crippen LogP contribution in [-0.2, 0) is 4.79 Å². The molecule has 0 unspecified atom stereocenters. The van der Waals surface area contributed by atoms with Crippen molar-refractivity contribution in [3.8, 4) is 5.75 Å². The second-order valence-corrected chi connectivity index (χ2v) is 8.22. The van der Waals surface area contributed by atoms with Crippen molar-refractivity contribution in [1.82, 2.24) is 4.98 Å². The van der Waals surface area contributed by atoms with Crippen LogP contribution in [0.2, 0.25) is 0 Å². The van der Waals surface area contributed by atoms with Gasteiger partial charge >= 0.3 is 5.97 Å². The summed E-state index contributed by atoms with van der Waals surface area (Å²) >= 11 is 3.97. The van der Waals surface area contributed by atoms with Gasteiger partial charge < -0.3 is 4.74 Å². The van der Waals surface area contributed by atoms with Gasteiger partial charge in [0.1, 0.15) is 5.75 Å².